The second-order valence-electron chi connectivity index (χ2n) is 9.09. The predicted octanol–water partition coefficient (Wildman–Crippen LogP) is 4.02. The van der Waals surface area contributed by atoms with Crippen LogP contribution in [-0.2, 0) is 4.79 Å². The zero-order valence-corrected chi connectivity index (χ0v) is 19.0. The van der Waals surface area contributed by atoms with Crippen molar-refractivity contribution in [2.45, 2.75) is 32.2 Å². The highest BCUT2D eigenvalue weighted by molar-refractivity contribution is 5.98. The van der Waals surface area contributed by atoms with Crippen LogP contribution in [-0.4, -0.2) is 39.6 Å². The number of para-hydroxylation sites is 1. The van der Waals surface area contributed by atoms with E-state index in [2.05, 4.69) is 11.8 Å². The molecule has 2 heterocycles. The summed E-state index contributed by atoms with van der Waals surface area (Å²) >= 11 is 0. The first kappa shape index (κ1) is 21.8. The van der Waals surface area contributed by atoms with Crippen LogP contribution >= 0.6 is 0 Å². The van der Waals surface area contributed by atoms with Crippen molar-refractivity contribution >= 4 is 11.8 Å². The van der Waals surface area contributed by atoms with Crippen molar-refractivity contribution in [2.24, 2.45) is 11.1 Å². The van der Waals surface area contributed by atoms with Gasteiger partial charge in [0.05, 0.1) is 11.6 Å². The van der Waals surface area contributed by atoms with E-state index >= 15 is 0 Å². The molecule has 34 heavy (non-hydrogen) atoms. The van der Waals surface area contributed by atoms with E-state index in [-0.39, 0.29) is 17.4 Å². The Morgan fingerprint density at radius 1 is 1.09 bits per heavy atom. The quantitative estimate of drug-likeness (QED) is 0.590. The number of ether oxygens (including phenoxy) is 1. The van der Waals surface area contributed by atoms with Gasteiger partial charge in [-0.2, -0.15) is 5.10 Å². The lowest BCUT2D eigenvalue weighted by Gasteiger charge is -2.45. The Bertz CT molecular complexity index is 1280. The van der Waals surface area contributed by atoms with Gasteiger partial charge in [0, 0.05) is 24.8 Å². The molecule has 0 unspecified atom stereocenters. The lowest BCUT2D eigenvalue weighted by Crippen LogP contribution is -2.41. The fraction of sp³-hybridized carbons (Fsp3) is 0.296. The molecular weight excluding hydrogens is 428 g/mol. The third kappa shape index (κ3) is 4.15. The fourth-order valence-electron chi connectivity index (χ4n) is 5.03. The van der Waals surface area contributed by atoms with Crippen LogP contribution in [0.5, 0.6) is 11.5 Å². The molecule has 0 atom stereocenters. The predicted molar refractivity (Wildman–Crippen MR) is 128 cm³/mol. The topological polar surface area (TPSA) is 90.5 Å². The number of benzene rings is 2. The Labute approximate surface area is 198 Å². The maximum absolute atomic E-state index is 12.2. The molecule has 1 aromatic heterocycles. The second-order valence-corrected chi connectivity index (χ2v) is 9.09. The van der Waals surface area contributed by atoms with Crippen molar-refractivity contribution in [2.75, 3.05) is 13.1 Å². The summed E-state index contributed by atoms with van der Waals surface area (Å²) in [4.78, 5) is 26.1. The molecule has 5 rings (SSSR count). The first-order valence-corrected chi connectivity index (χ1v) is 11.4. The zero-order valence-electron chi connectivity index (χ0n) is 19.0. The number of aromatic nitrogens is 2. The van der Waals surface area contributed by atoms with Gasteiger partial charge < -0.3 is 15.4 Å². The smallest absolute Gasteiger partial charge is 0.298 e. The number of hydrogen-bond donors (Lipinski definition) is 1. The number of likely N-dealkylation sites (tertiary alicyclic amines) is 1. The number of primary amides is 1. The Kier molecular flexibility index (Phi) is 5.58. The SMILES string of the molecule is CC#CC(=O)N1CC[C@]2(C1)C[C@H](n1cc(C(N)=O)c(-c3ccc(Oc4ccccc4)cc3)n1)C2. The molecule has 2 fully saturated rings. The monoisotopic (exact) mass is 454 g/mol. The average Bonchev–Trinajstić information content (AvgIpc) is 3.45. The Morgan fingerprint density at radius 2 is 1.79 bits per heavy atom. The third-order valence-electron chi connectivity index (χ3n) is 6.77. The van der Waals surface area contributed by atoms with Gasteiger partial charge in [-0.3, -0.25) is 14.3 Å². The molecule has 1 spiro atoms. The van der Waals surface area contributed by atoms with E-state index in [1.807, 2.05) is 64.2 Å². The van der Waals surface area contributed by atoms with E-state index in [0.29, 0.717) is 17.0 Å². The molecule has 2 aliphatic rings. The molecule has 3 aromatic rings. The minimum atomic E-state index is -0.504. The summed E-state index contributed by atoms with van der Waals surface area (Å²) in [7, 11) is 0. The van der Waals surface area contributed by atoms with Crippen LogP contribution in [0.1, 0.15) is 42.6 Å². The standard InChI is InChI=1S/C27H26N4O3/c1-2-6-24(32)30-14-13-27(18-30)15-20(16-27)31-17-23(26(28)33)25(29-31)19-9-11-22(12-10-19)34-21-7-4-3-5-8-21/h3-5,7-12,17,20H,13-16,18H2,1H3,(H2,28,33)/t20-,27-. The molecule has 172 valence electrons. The lowest BCUT2D eigenvalue weighted by atomic mass is 9.65. The summed E-state index contributed by atoms with van der Waals surface area (Å²) in [5.41, 5.74) is 7.57. The number of rotatable bonds is 5. The summed E-state index contributed by atoms with van der Waals surface area (Å²) < 4.78 is 7.72. The Hall–Kier alpha value is -4.05. The van der Waals surface area contributed by atoms with Crippen LogP contribution in [0.2, 0.25) is 0 Å². The van der Waals surface area contributed by atoms with Crippen molar-refractivity contribution in [1.29, 1.82) is 0 Å². The fourth-order valence-corrected chi connectivity index (χ4v) is 5.03. The molecule has 0 radical (unpaired) electrons. The van der Waals surface area contributed by atoms with Crippen LogP contribution in [0.3, 0.4) is 0 Å². The normalized spacial score (nSPS) is 21.0. The Balaban J connectivity index is 1.30. The van der Waals surface area contributed by atoms with Gasteiger partial charge in [0.2, 0.25) is 0 Å². The van der Waals surface area contributed by atoms with Gasteiger partial charge in [-0.15, -0.1) is 0 Å². The molecule has 2 aromatic carbocycles. The molecule has 7 nitrogen and oxygen atoms in total. The highest BCUT2D eigenvalue weighted by atomic mass is 16.5. The van der Waals surface area contributed by atoms with Crippen molar-refractivity contribution < 1.29 is 14.3 Å². The van der Waals surface area contributed by atoms with Gasteiger partial charge in [-0.25, -0.2) is 0 Å². The molecule has 2 amide bonds. The van der Waals surface area contributed by atoms with Crippen molar-refractivity contribution in [3.05, 3.63) is 66.4 Å². The first-order chi connectivity index (χ1) is 16.5. The molecule has 1 aliphatic carbocycles. The van der Waals surface area contributed by atoms with Crippen LogP contribution < -0.4 is 10.5 Å². The second kappa shape index (κ2) is 8.71. The van der Waals surface area contributed by atoms with Crippen LogP contribution in [0.4, 0.5) is 0 Å². The summed E-state index contributed by atoms with van der Waals surface area (Å²) in [6, 6.07) is 17.2. The van der Waals surface area contributed by atoms with Gasteiger partial charge in [-0.05, 0) is 73.9 Å². The number of nitrogens with zero attached hydrogens (tertiary/aromatic N) is 3. The number of amides is 2. The minimum absolute atomic E-state index is 0.0973. The van der Waals surface area contributed by atoms with Gasteiger partial charge >= 0.3 is 0 Å². The molecule has 2 N–H and O–H groups in total. The molecule has 1 saturated heterocycles. The zero-order chi connectivity index (χ0) is 23.7. The van der Waals surface area contributed by atoms with Crippen LogP contribution in [0, 0.1) is 17.3 Å². The summed E-state index contributed by atoms with van der Waals surface area (Å²) in [5, 5.41) is 4.75. The molecule has 0 bridgehead atoms. The number of nitrogens with two attached hydrogens (primary N) is 1. The van der Waals surface area contributed by atoms with E-state index in [0.717, 1.165) is 43.7 Å². The van der Waals surface area contributed by atoms with Crippen LogP contribution in [0.15, 0.2) is 60.8 Å². The summed E-state index contributed by atoms with van der Waals surface area (Å²) in [5.74, 6) is 6.17. The van der Waals surface area contributed by atoms with Crippen molar-refractivity contribution in [3.63, 3.8) is 0 Å². The minimum Gasteiger partial charge on any atom is -0.457 e. The van der Waals surface area contributed by atoms with E-state index in [1.165, 1.54) is 0 Å². The average molecular weight is 455 g/mol. The summed E-state index contributed by atoms with van der Waals surface area (Å²) in [6.07, 6.45) is 4.56. The maximum Gasteiger partial charge on any atom is 0.298 e. The van der Waals surface area contributed by atoms with Gasteiger partial charge in [-0.1, -0.05) is 24.1 Å². The van der Waals surface area contributed by atoms with E-state index < -0.39 is 5.91 Å². The van der Waals surface area contributed by atoms with E-state index in [4.69, 9.17) is 15.6 Å². The first-order valence-electron chi connectivity index (χ1n) is 11.4. The van der Waals surface area contributed by atoms with Gasteiger partial charge in [0.1, 0.15) is 17.2 Å². The number of hydrogen-bond acceptors (Lipinski definition) is 4. The lowest BCUT2D eigenvalue weighted by molar-refractivity contribution is -0.125. The Morgan fingerprint density at radius 3 is 2.47 bits per heavy atom. The summed E-state index contributed by atoms with van der Waals surface area (Å²) in [6.45, 7) is 3.16. The van der Waals surface area contributed by atoms with E-state index in [1.54, 1.807) is 13.1 Å². The number of carbonyl (C=O) groups is 2. The molecule has 1 saturated carbocycles. The van der Waals surface area contributed by atoms with E-state index in [9.17, 15) is 9.59 Å². The van der Waals surface area contributed by atoms with Crippen molar-refractivity contribution in [1.82, 2.24) is 14.7 Å². The largest absolute Gasteiger partial charge is 0.457 e. The maximum atomic E-state index is 12.2. The van der Waals surface area contributed by atoms with Crippen LogP contribution in [0.25, 0.3) is 11.3 Å². The third-order valence-corrected chi connectivity index (χ3v) is 6.77. The molecular formula is C27H26N4O3. The highest BCUT2D eigenvalue weighted by Gasteiger charge is 2.50. The van der Waals surface area contributed by atoms with Gasteiger partial charge in [0.15, 0.2) is 0 Å². The van der Waals surface area contributed by atoms with Gasteiger partial charge in [0.25, 0.3) is 11.8 Å². The molecule has 1 aliphatic heterocycles. The van der Waals surface area contributed by atoms with Crippen molar-refractivity contribution in [3.8, 4) is 34.6 Å². The molecule has 7 heteroatoms. The highest BCUT2D eigenvalue weighted by Crippen LogP contribution is 2.54. The number of carbonyl (C=O) groups excluding carboxylic acids is 2.